The van der Waals surface area contributed by atoms with Crippen molar-refractivity contribution in [2.75, 3.05) is 33.4 Å². The summed E-state index contributed by atoms with van der Waals surface area (Å²) in [6, 6.07) is 10.3. The molecule has 1 fully saturated rings. The number of nitrogens with one attached hydrogen (secondary N) is 2. The van der Waals surface area contributed by atoms with Crippen LogP contribution in [0.1, 0.15) is 19.1 Å². The zero-order valence-corrected chi connectivity index (χ0v) is 17.7. The minimum absolute atomic E-state index is 0. The molecule has 2 aromatic rings. The van der Waals surface area contributed by atoms with Crippen LogP contribution in [0.2, 0.25) is 0 Å². The van der Waals surface area contributed by atoms with Gasteiger partial charge in [0.15, 0.2) is 5.96 Å². The highest BCUT2D eigenvalue weighted by Crippen LogP contribution is 2.18. The average molecular weight is 473 g/mol. The van der Waals surface area contributed by atoms with Crippen molar-refractivity contribution in [2.45, 2.75) is 31.9 Å². The Morgan fingerprint density at radius 2 is 2.23 bits per heavy atom. The quantitative estimate of drug-likeness (QED) is 0.368. The van der Waals surface area contributed by atoms with Gasteiger partial charge in [-0.1, -0.05) is 18.2 Å². The second kappa shape index (κ2) is 10.7. The van der Waals surface area contributed by atoms with Crippen molar-refractivity contribution in [1.29, 1.82) is 0 Å². The third kappa shape index (κ3) is 6.14. The lowest BCUT2D eigenvalue weighted by molar-refractivity contribution is 0.0347. The summed E-state index contributed by atoms with van der Waals surface area (Å²) in [5.41, 5.74) is 0.932. The van der Waals surface area contributed by atoms with Crippen LogP contribution >= 0.6 is 24.0 Å². The summed E-state index contributed by atoms with van der Waals surface area (Å²) >= 11 is 0. The summed E-state index contributed by atoms with van der Waals surface area (Å²) in [5.74, 6) is 1.75. The van der Waals surface area contributed by atoms with Crippen molar-refractivity contribution >= 4 is 40.9 Å². The first-order valence-corrected chi connectivity index (χ1v) is 8.88. The molecule has 1 aromatic carbocycles. The second-order valence-electron chi connectivity index (χ2n) is 6.36. The van der Waals surface area contributed by atoms with Gasteiger partial charge in [0.1, 0.15) is 11.3 Å². The van der Waals surface area contributed by atoms with E-state index in [2.05, 4.69) is 34.7 Å². The lowest BCUT2D eigenvalue weighted by atomic mass is 10.2. The van der Waals surface area contributed by atoms with Gasteiger partial charge in [-0.25, -0.2) is 0 Å². The number of para-hydroxylation sites is 1. The molecule has 0 saturated carbocycles. The summed E-state index contributed by atoms with van der Waals surface area (Å²) in [6.45, 7) is 4.98. The number of hydrogen-bond donors (Lipinski definition) is 2. The number of rotatable bonds is 7. The van der Waals surface area contributed by atoms with Gasteiger partial charge in [0.05, 0.1) is 19.3 Å². The molecular formula is C19H28IN3O3. The molecular weight excluding hydrogens is 445 g/mol. The maximum Gasteiger partial charge on any atom is 0.191 e. The predicted molar refractivity (Wildman–Crippen MR) is 114 cm³/mol. The van der Waals surface area contributed by atoms with Crippen LogP contribution < -0.4 is 10.6 Å². The first-order chi connectivity index (χ1) is 12.2. The molecule has 0 aliphatic carbocycles. The highest BCUT2D eigenvalue weighted by atomic mass is 127. The molecule has 6 nitrogen and oxygen atoms in total. The number of benzene rings is 1. The van der Waals surface area contributed by atoms with E-state index in [1.165, 1.54) is 0 Å². The van der Waals surface area contributed by atoms with Crippen molar-refractivity contribution in [3.8, 4) is 0 Å². The fraction of sp³-hybridized carbons (Fsp3) is 0.526. The Morgan fingerprint density at radius 1 is 1.38 bits per heavy atom. The van der Waals surface area contributed by atoms with Crippen LogP contribution in [0.15, 0.2) is 39.7 Å². The number of guanidine groups is 1. The normalized spacial score (nSPS) is 18.5. The van der Waals surface area contributed by atoms with Crippen LogP contribution in [0.25, 0.3) is 11.0 Å². The van der Waals surface area contributed by atoms with Gasteiger partial charge in [-0.3, -0.25) is 4.99 Å². The summed E-state index contributed by atoms with van der Waals surface area (Å²) in [5, 5.41) is 7.81. The first kappa shape index (κ1) is 21.0. The molecule has 0 bridgehead atoms. The second-order valence-corrected chi connectivity index (χ2v) is 6.36. The zero-order chi connectivity index (χ0) is 17.5. The number of halogens is 1. The minimum atomic E-state index is 0. The Bertz CT molecular complexity index is 665. The van der Waals surface area contributed by atoms with Gasteiger partial charge in [0, 0.05) is 38.0 Å². The first-order valence-electron chi connectivity index (χ1n) is 8.88. The van der Waals surface area contributed by atoms with E-state index < -0.39 is 0 Å². The number of furan rings is 1. The fourth-order valence-corrected chi connectivity index (χ4v) is 2.86. The lowest BCUT2D eigenvalue weighted by Crippen LogP contribution is -2.45. The van der Waals surface area contributed by atoms with E-state index in [9.17, 15) is 0 Å². The summed E-state index contributed by atoms with van der Waals surface area (Å²) in [6.07, 6.45) is 2.02. The van der Waals surface area contributed by atoms with Gasteiger partial charge >= 0.3 is 0 Å². The van der Waals surface area contributed by atoms with Crippen LogP contribution in [0.3, 0.4) is 0 Å². The summed E-state index contributed by atoms with van der Waals surface area (Å²) in [4.78, 5) is 4.27. The van der Waals surface area contributed by atoms with Crippen molar-refractivity contribution < 1.29 is 13.9 Å². The number of aliphatic imine (C=N–C) groups is 1. The van der Waals surface area contributed by atoms with Crippen LogP contribution in [0, 0.1) is 0 Å². The molecule has 1 aliphatic heterocycles. The Morgan fingerprint density at radius 3 is 2.96 bits per heavy atom. The van der Waals surface area contributed by atoms with Gasteiger partial charge in [-0.15, -0.1) is 24.0 Å². The van der Waals surface area contributed by atoms with E-state index in [0.29, 0.717) is 13.2 Å². The maximum absolute atomic E-state index is 5.83. The van der Waals surface area contributed by atoms with Gasteiger partial charge in [-0.05, 0) is 25.5 Å². The number of hydrogen-bond acceptors (Lipinski definition) is 4. The van der Waals surface area contributed by atoms with Gasteiger partial charge in [-0.2, -0.15) is 0 Å². The molecule has 1 saturated heterocycles. The van der Waals surface area contributed by atoms with E-state index in [0.717, 1.165) is 48.7 Å². The Balaban J connectivity index is 0.00000243. The number of ether oxygens (including phenoxy) is 2. The number of fused-ring (bicyclic) bond motifs is 1. The van der Waals surface area contributed by atoms with E-state index in [1.807, 2.05) is 18.2 Å². The van der Waals surface area contributed by atoms with Crippen LogP contribution in [-0.4, -0.2) is 51.5 Å². The van der Waals surface area contributed by atoms with Crippen molar-refractivity contribution in [1.82, 2.24) is 10.6 Å². The van der Waals surface area contributed by atoms with E-state index in [1.54, 1.807) is 7.05 Å². The van der Waals surface area contributed by atoms with Crippen LogP contribution in [-0.2, 0) is 15.9 Å². The predicted octanol–water partition coefficient (Wildman–Crippen LogP) is 2.95. The Hall–Kier alpha value is -1.32. The molecule has 0 spiro atoms. The molecule has 2 atom stereocenters. The minimum Gasteiger partial charge on any atom is -0.461 e. The van der Waals surface area contributed by atoms with Gasteiger partial charge in [0.25, 0.3) is 0 Å². The molecule has 1 aliphatic rings. The third-order valence-electron chi connectivity index (χ3n) is 4.22. The van der Waals surface area contributed by atoms with Gasteiger partial charge < -0.3 is 24.5 Å². The van der Waals surface area contributed by atoms with E-state index in [-0.39, 0.29) is 36.1 Å². The largest absolute Gasteiger partial charge is 0.461 e. The lowest BCUT2D eigenvalue weighted by Gasteiger charge is -2.19. The monoisotopic (exact) mass is 473 g/mol. The molecule has 1 aromatic heterocycles. The standard InChI is InChI=1S/C19H27N3O3.HI/c1-14(12-24-17-8-10-23-13-17)22-19(20-2)21-9-7-16-11-15-5-3-4-6-18(15)25-16;/h3-6,11,14,17H,7-10,12-13H2,1-2H3,(H2,20,21,22);1H. The van der Waals surface area contributed by atoms with Gasteiger partial charge in [0.2, 0.25) is 0 Å². The van der Waals surface area contributed by atoms with Crippen molar-refractivity contribution in [3.63, 3.8) is 0 Å². The smallest absolute Gasteiger partial charge is 0.191 e. The molecule has 2 N–H and O–H groups in total. The third-order valence-corrected chi connectivity index (χ3v) is 4.22. The van der Waals surface area contributed by atoms with E-state index >= 15 is 0 Å². The SMILES string of the molecule is CN=C(NCCc1cc2ccccc2o1)NC(C)COC1CCOC1.I. The van der Waals surface area contributed by atoms with Crippen molar-refractivity contribution in [2.24, 2.45) is 4.99 Å². The molecule has 0 amide bonds. The highest BCUT2D eigenvalue weighted by molar-refractivity contribution is 14.0. The molecule has 0 radical (unpaired) electrons. The maximum atomic E-state index is 5.83. The Labute approximate surface area is 171 Å². The average Bonchev–Trinajstić information content (AvgIpc) is 3.28. The highest BCUT2D eigenvalue weighted by Gasteiger charge is 2.17. The topological polar surface area (TPSA) is 68.0 Å². The molecule has 3 rings (SSSR count). The molecule has 2 heterocycles. The van der Waals surface area contributed by atoms with Crippen LogP contribution in [0.4, 0.5) is 0 Å². The molecule has 2 unspecified atom stereocenters. The fourth-order valence-electron chi connectivity index (χ4n) is 2.86. The van der Waals surface area contributed by atoms with Crippen molar-refractivity contribution in [3.05, 3.63) is 36.1 Å². The van der Waals surface area contributed by atoms with E-state index in [4.69, 9.17) is 13.9 Å². The number of nitrogens with zero attached hydrogens (tertiary/aromatic N) is 1. The molecule has 144 valence electrons. The Kier molecular flexibility index (Phi) is 8.67. The van der Waals surface area contributed by atoms with Crippen LogP contribution in [0.5, 0.6) is 0 Å². The summed E-state index contributed by atoms with van der Waals surface area (Å²) < 4.78 is 17.0. The molecule has 7 heteroatoms. The molecule has 26 heavy (non-hydrogen) atoms. The zero-order valence-electron chi connectivity index (χ0n) is 15.4. The summed E-state index contributed by atoms with van der Waals surface area (Å²) in [7, 11) is 1.77.